The van der Waals surface area contributed by atoms with Crippen LogP contribution in [-0.2, 0) is 9.59 Å². The average molecular weight is 375 g/mol. The van der Waals surface area contributed by atoms with Crippen LogP contribution >= 0.6 is 0 Å². The van der Waals surface area contributed by atoms with Crippen LogP contribution in [0.15, 0.2) is 24.3 Å². The molecule has 1 saturated heterocycles. The predicted molar refractivity (Wildman–Crippen MR) is 105 cm³/mol. The molecule has 0 aliphatic carbocycles. The minimum Gasteiger partial charge on any atom is -0.360 e. The second kappa shape index (κ2) is 10.1. The molecule has 0 spiro atoms. The van der Waals surface area contributed by atoms with Crippen molar-refractivity contribution in [3.63, 3.8) is 0 Å². The first kappa shape index (κ1) is 20.9. The van der Waals surface area contributed by atoms with Crippen LogP contribution in [0.25, 0.3) is 0 Å². The van der Waals surface area contributed by atoms with Crippen LogP contribution in [0.2, 0.25) is 0 Å². The van der Waals surface area contributed by atoms with Gasteiger partial charge in [-0.3, -0.25) is 14.4 Å². The number of benzene rings is 1. The van der Waals surface area contributed by atoms with Gasteiger partial charge in [0.25, 0.3) is 5.91 Å². The van der Waals surface area contributed by atoms with E-state index in [0.717, 1.165) is 37.4 Å². The Balaban J connectivity index is 1.83. The molecular weight excluding hydrogens is 344 g/mol. The lowest BCUT2D eigenvalue weighted by Gasteiger charge is -2.34. The molecule has 2 rings (SSSR count). The highest BCUT2D eigenvalue weighted by Gasteiger charge is 2.25. The zero-order valence-electron chi connectivity index (χ0n) is 16.6. The van der Waals surface area contributed by atoms with Crippen LogP contribution in [0.5, 0.6) is 0 Å². The van der Waals surface area contributed by atoms with Crippen molar-refractivity contribution >= 4 is 23.3 Å². The first-order valence-electron chi connectivity index (χ1n) is 9.68. The van der Waals surface area contributed by atoms with Crippen molar-refractivity contribution in [2.45, 2.75) is 20.8 Å². The molecule has 0 saturated carbocycles. The molecule has 2 amide bonds. The molecule has 0 unspecified atom stereocenters. The Labute approximate surface area is 161 Å². The first-order valence-corrected chi connectivity index (χ1v) is 9.68. The van der Waals surface area contributed by atoms with Crippen molar-refractivity contribution in [1.82, 2.24) is 10.2 Å². The number of quaternary nitrogens is 1. The van der Waals surface area contributed by atoms with E-state index < -0.39 is 0 Å². The van der Waals surface area contributed by atoms with Gasteiger partial charge in [0.05, 0.1) is 32.7 Å². The molecule has 0 bridgehead atoms. The predicted octanol–water partition coefficient (Wildman–Crippen LogP) is -0.421. The lowest BCUT2D eigenvalue weighted by atomic mass is 10.1. The van der Waals surface area contributed by atoms with Crippen LogP contribution in [0, 0.1) is 0 Å². The van der Waals surface area contributed by atoms with E-state index in [1.54, 1.807) is 11.8 Å². The third-order valence-corrected chi connectivity index (χ3v) is 4.95. The molecule has 2 N–H and O–H groups in total. The summed E-state index contributed by atoms with van der Waals surface area (Å²) in [5, 5.41) is 2.74. The van der Waals surface area contributed by atoms with E-state index in [1.807, 2.05) is 38.1 Å². The van der Waals surface area contributed by atoms with Crippen molar-refractivity contribution in [1.29, 1.82) is 0 Å². The molecule has 1 aromatic rings. The minimum absolute atomic E-state index is 0.0259. The molecule has 1 heterocycles. The van der Waals surface area contributed by atoms with E-state index in [-0.39, 0.29) is 24.1 Å². The van der Waals surface area contributed by atoms with Crippen molar-refractivity contribution in [2.75, 3.05) is 57.3 Å². The second-order valence-corrected chi connectivity index (χ2v) is 6.88. The van der Waals surface area contributed by atoms with Crippen LogP contribution in [0.4, 0.5) is 5.69 Å². The number of rotatable bonds is 8. The van der Waals surface area contributed by atoms with Gasteiger partial charge in [0.2, 0.25) is 5.91 Å². The molecule has 1 fully saturated rings. The van der Waals surface area contributed by atoms with E-state index in [4.69, 9.17) is 0 Å². The van der Waals surface area contributed by atoms with Crippen molar-refractivity contribution in [3.05, 3.63) is 29.8 Å². The quantitative estimate of drug-likeness (QED) is 0.605. The van der Waals surface area contributed by atoms with Crippen LogP contribution in [0.3, 0.4) is 0 Å². The van der Waals surface area contributed by atoms with Gasteiger partial charge in [0.15, 0.2) is 12.3 Å². The fraction of sp³-hybridized carbons (Fsp3) is 0.550. The molecule has 1 aromatic carbocycles. The van der Waals surface area contributed by atoms with Gasteiger partial charge in [-0.25, -0.2) is 0 Å². The Hall–Kier alpha value is -2.41. The number of carbonyl (C=O) groups excluding carboxylic acids is 3. The molecule has 1 aliphatic rings. The Morgan fingerprint density at radius 2 is 1.74 bits per heavy atom. The maximum absolute atomic E-state index is 12.5. The highest BCUT2D eigenvalue weighted by atomic mass is 16.2. The highest BCUT2D eigenvalue weighted by Crippen LogP contribution is 2.15. The summed E-state index contributed by atoms with van der Waals surface area (Å²) < 4.78 is 0. The SMILES string of the molecule is CCNC(=O)CN(CC)C(=O)C[NH+]1CCN(c2ccc(C(C)=O)cc2)CC1. The largest absolute Gasteiger partial charge is 0.360 e. The molecule has 7 heteroatoms. The smallest absolute Gasteiger partial charge is 0.278 e. The third-order valence-electron chi connectivity index (χ3n) is 4.95. The Morgan fingerprint density at radius 1 is 1.11 bits per heavy atom. The number of likely N-dealkylation sites (N-methyl/N-ethyl adjacent to an activating group) is 2. The number of ketones is 1. The monoisotopic (exact) mass is 375 g/mol. The lowest BCUT2D eigenvalue weighted by Crippen LogP contribution is -3.16. The summed E-state index contributed by atoms with van der Waals surface area (Å²) in [5.74, 6) is -0.0121. The maximum atomic E-state index is 12.5. The van der Waals surface area contributed by atoms with Gasteiger partial charge in [0.1, 0.15) is 0 Å². The molecule has 148 valence electrons. The normalized spacial score (nSPS) is 14.7. The van der Waals surface area contributed by atoms with Gasteiger partial charge in [-0.05, 0) is 45.0 Å². The van der Waals surface area contributed by atoms with Crippen molar-refractivity contribution in [2.24, 2.45) is 0 Å². The number of carbonyl (C=O) groups is 3. The Bertz CT molecular complexity index is 652. The Kier molecular flexibility index (Phi) is 7.79. The lowest BCUT2D eigenvalue weighted by molar-refractivity contribution is -0.892. The summed E-state index contributed by atoms with van der Waals surface area (Å²) >= 11 is 0. The van der Waals surface area contributed by atoms with Crippen LogP contribution < -0.4 is 15.1 Å². The number of nitrogens with zero attached hydrogens (tertiary/aromatic N) is 2. The number of anilines is 1. The molecule has 0 radical (unpaired) electrons. The summed E-state index contributed by atoms with van der Waals surface area (Å²) in [5.41, 5.74) is 1.83. The average Bonchev–Trinajstić information content (AvgIpc) is 2.67. The first-order chi connectivity index (χ1) is 12.9. The Morgan fingerprint density at radius 3 is 2.26 bits per heavy atom. The molecule has 7 nitrogen and oxygen atoms in total. The molecule has 27 heavy (non-hydrogen) atoms. The summed E-state index contributed by atoms with van der Waals surface area (Å²) in [6.07, 6.45) is 0. The summed E-state index contributed by atoms with van der Waals surface area (Å²) in [6.45, 7) is 10.5. The van der Waals surface area contributed by atoms with Crippen LogP contribution in [0.1, 0.15) is 31.1 Å². The van der Waals surface area contributed by atoms with E-state index >= 15 is 0 Å². The maximum Gasteiger partial charge on any atom is 0.278 e. The summed E-state index contributed by atoms with van der Waals surface area (Å²) in [4.78, 5) is 40.8. The molecule has 1 aliphatic heterocycles. The number of amides is 2. The summed E-state index contributed by atoms with van der Waals surface area (Å²) in [7, 11) is 0. The van der Waals surface area contributed by atoms with Crippen molar-refractivity contribution < 1.29 is 19.3 Å². The van der Waals surface area contributed by atoms with E-state index in [2.05, 4.69) is 10.2 Å². The fourth-order valence-corrected chi connectivity index (χ4v) is 3.29. The molecule has 0 atom stereocenters. The van der Waals surface area contributed by atoms with Gasteiger partial charge >= 0.3 is 0 Å². The zero-order chi connectivity index (χ0) is 19.8. The number of Topliss-reactive ketones (excluding diaryl/α,β-unsaturated/α-hetero) is 1. The van der Waals surface area contributed by atoms with Gasteiger partial charge in [-0.15, -0.1) is 0 Å². The summed E-state index contributed by atoms with van der Waals surface area (Å²) in [6, 6.07) is 7.69. The van der Waals surface area contributed by atoms with E-state index in [1.165, 1.54) is 4.90 Å². The van der Waals surface area contributed by atoms with Gasteiger partial charge in [-0.2, -0.15) is 0 Å². The number of hydrogen-bond donors (Lipinski definition) is 2. The number of hydrogen-bond acceptors (Lipinski definition) is 4. The van der Waals surface area contributed by atoms with Gasteiger partial charge < -0.3 is 20.0 Å². The topological polar surface area (TPSA) is 74.2 Å². The van der Waals surface area contributed by atoms with Crippen LogP contribution in [-0.4, -0.2) is 74.9 Å². The number of nitrogens with one attached hydrogen (secondary N) is 2. The van der Waals surface area contributed by atoms with Gasteiger partial charge in [0, 0.05) is 24.3 Å². The number of piperazine rings is 1. The third kappa shape index (κ3) is 6.06. The zero-order valence-corrected chi connectivity index (χ0v) is 16.6. The highest BCUT2D eigenvalue weighted by molar-refractivity contribution is 5.94. The molecule has 0 aromatic heterocycles. The molecular formula is C20H31N4O3+. The fourth-order valence-electron chi connectivity index (χ4n) is 3.29. The second-order valence-electron chi connectivity index (χ2n) is 6.88. The van der Waals surface area contributed by atoms with E-state index in [0.29, 0.717) is 19.6 Å². The van der Waals surface area contributed by atoms with E-state index in [9.17, 15) is 14.4 Å². The van der Waals surface area contributed by atoms with Gasteiger partial charge in [-0.1, -0.05) is 0 Å². The standard InChI is InChI=1S/C20H30N4O3/c1-4-21-19(26)14-23(5-2)20(27)15-22-10-12-24(13-11-22)18-8-6-17(7-9-18)16(3)25/h6-9H,4-5,10-15H2,1-3H3,(H,21,26)/p+1. The van der Waals surface area contributed by atoms with Crippen molar-refractivity contribution in [3.8, 4) is 0 Å². The minimum atomic E-state index is -0.110.